The van der Waals surface area contributed by atoms with Crippen LogP contribution in [0.5, 0.6) is 0 Å². The van der Waals surface area contributed by atoms with Gasteiger partial charge in [-0.05, 0) is 31.7 Å². The van der Waals surface area contributed by atoms with Crippen molar-refractivity contribution in [2.75, 3.05) is 0 Å². The van der Waals surface area contributed by atoms with E-state index in [0.29, 0.717) is 18.4 Å². The number of benzene rings is 1. The number of carbonyl (C=O) groups excluding carboxylic acids is 1. The molecule has 0 radical (unpaired) electrons. The molecule has 0 aliphatic carbocycles. The van der Waals surface area contributed by atoms with E-state index in [2.05, 4.69) is 0 Å². The molecule has 0 spiro atoms. The number of hydrogen-bond donors (Lipinski definition) is 1. The molecule has 3 rings (SSSR count). The minimum Gasteiger partial charge on any atom is -0.393 e. The second-order valence-corrected chi connectivity index (χ2v) is 5.53. The van der Waals surface area contributed by atoms with Gasteiger partial charge in [-0.15, -0.1) is 0 Å². The van der Waals surface area contributed by atoms with E-state index in [9.17, 15) is 20.0 Å². The monoisotopic (exact) mass is 276 g/mol. The smallest absolute Gasteiger partial charge is 0.270 e. The molecule has 0 aromatic heterocycles. The van der Waals surface area contributed by atoms with Gasteiger partial charge in [0.2, 0.25) is 0 Å². The SMILES string of the molecule is O=C(c1cccc([N+](=O)[O-])c1)N1C2CCC1CC(O)C2. The number of non-ortho nitro benzene ring substituents is 1. The second-order valence-electron chi connectivity index (χ2n) is 5.53. The standard InChI is InChI=1S/C14H16N2O4/c17-13-7-10-4-5-11(8-13)15(10)14(18)9-2-1-3-12(6-9)16(19)20/h1-3,6,10-11,13,17H,4-5,7-8H2. The van der Waals surface area contributed by atoms with Gasteiger partial charge >= 0.3 is 0 Å². The van der Waals surface area contributed by atoms with Crippen molar-refractivity contribution in [2.24, 2.45) is 0 Å². The third kappa shape index (κ3) is 2.16. The summed E-state index contributed by atoms with van der Waals surface area (Å²) in [5, 5.41) is 20.5. The number of nitrogens with zero attached hydrogens (tertiary/aromatic N) is 2. The number of nitro groups is 1. The molecule has 0 saturated carbocycles. The quantitative estimate of drug-likeness (QED) is 0.658. The van der Waals surface area contributed by atoms with Crippen molar-refractivity contribution in [1.82, 2.24) is 4.90 Å². The van der Waals surface area contributed by atoms with Crippen LogP contribution in [0.15, 0.2) is 24.3 Å². The van der Waals surface area contributed by atoms with Crippen LogP contribution in [0, 0.1) is 10.1 Å². The lowest BCUT2D eigenvalue weighted by atomic mass is 9.98. The van der Waals surface area contributed by atoms with Gasteiger partial charge in [0.15, 0.2) is 0 Å². The van der Waals surface area contributed by atoms with Crippen LogP contribution in [0.2, 0.25) is 0 Å². The summed E-state index contributed by atoms with van der Waals surface area (Å²) in [5.41, 5.74) is 0.285. The minimum atomic E-state index is -0.495. The van der Waals surface area contributed by atoms with Gasteiger partial charge in [0.25, 0.3) is 11.6 Å². The molecular weight excluding hydrogens is 260 g/mol. The zero-order valence-electron chi connectivity index (χ0n) is 10.9. The van der Waals surface area contributed by atoms with E-state index >= 15 is 0 Å². The Balaban J connectivity index is 1.86. The number of hydrogen-bond acceptors (Lipinski definition) is 4. The molecule has 1 N–H and O–H groups in total. The van der Waals surface area contributed by atoms with Crippen molar-refractivity contribution in [3.05, 3.63) is 39.9 Å². The average molecular weight is 276 g/mol. The van der Waals surface area contributed by atoms with E-state index < -0.39 is 4.92 Å². The van der Waals surface area contributed by atoms with Crippen molar-refractivity contribution in [2.45, 2.75) is 43.9 Å². The van der Waals surface area contributed by atoms with E-state index in [1.807, 2.05) is 4.90 Å². The lowest BCUT2D eigenvalue weighted by Gasteiger charge is -2.37. The molecule has 1 amide bonds. The maximum atomic E-state index is 12.6. The molecule has 20 heavy (non-hydrogen) atoms. The van der Waals surface area contributed by atoms with Gasteiger partial charge < -0.3 is 10.0 Å². The van der Waals surface area contributed by atoms with Gasteiger partial charge in [-0.1, -0.05) is 6.07 Å². The largest absolute Gasteiger partial charge is 0.393 e. The van der Waals surface area contributed by atoms with Gasteiger partial charge in [0.05, 0.1) is 11.0 Å². The lowest BCUT2D eigenvalue weighted by molar-refractivity contribution is -0.384. The molecular formula is C14H16N2O4. The fourth-order valence-corrected chi connectivity index (χ4v) is 3.38. The van der Waals surface area contributed by atoms with E-state index in [1.54, 1.807) is 6.07 Å². The Morgan fingerprint density at radius 1 is 1.30 bits per heavy atom. The average Bonchev–Trinajstić information content (AvgIpc) is 2.70. The number of carbonyl (C=O) groups is 1. The Morgan fingerprint density at radius 2 is 1.95 bits per heavy atom. The van der Waals surface area contributed by atoms with Crippen LogP contribution in [0.1, 0.15) is 36.0 Å². The predicted octanol–water partition coefficient (Wildman–Crippen LogP) is 1.72. The molecule has 1 aromatic carbocycles. The molecule has 2 heterocycles. The summed E-state index contributed by atoms with van der Waals surface area (Å²) >= 11 is 0. The fourth-order valence-electron chi connectivity index (χ4n) is 3.38. The van der Waals surface area contributed by atoms with Crippen LogP contribution in [-0.4, -0.2) is 39.0 Å². The summed E-state index contributed by atoms with van der Waals surface area (Å²) < 4.78 is 0. The number of aliphatic hydroxyl groups is 1. The molecule has 2 saturated heterocycles. The maximum Gasteiger partial charge on any atom is 0.270 e. The number of piperidine rings is 1. The third-order valence-electron chi connectivity index (χ3n) is 4.25. The van der Waals surface area contributed by atoms with Gasteiger partial charge in [0, 0.05) is 29.8 Å². The number of fused-ring (bicyclic) bond motifs is 2. The molecule has 1 aromatic rings. The topological polar surface area (TPSA) is 83.7 Å². The zero-order valence-corrected chi connectivity index (χ0v) is 10.9. The Kier molecular flexibility index (Phi) is 3.17. The number of nitro benzene ring substituents is 1. The van der Waals surface area contributed by atoms with Crippen LogP contribution in [0.4, 0.5) is 5.69 Å². The number of amides is 1. The molecule has 106 valence electrons. The Labute approximate surface area is 116 Å². The van der Waals surface area contributed by atoms with Crippen molar-refractivity contribution >= 4 is 11.6 Å². The van der Waals surface area contributed by atoms with Gasteiger partial charge in [-0.25, -0.2) is 0 Å². The first-order valence-corrected chi connectivity index (χ1v) is 6.81. The maximum absolute atomic E-state index is 12.6. The van der Waals surface area contributed by atoms with Crippen LogP contribution >= 0.6 is 0 Å². The summed E-state index contributed by atoms with van der Waals surface area (Å²) in [5.74, 6) is -0.159. The predicted molar refractivity (Wildman–Crippen MR) is 71.3 cm³/mol. The second kappa shape index (κ2) is 4.86. The first-order valence-electron chi connectivity index (χ1n) is 6.81. The highest BCUT2D eigenvalue weighted by Crippen LogP contribution is 2.36. The van der Waals surface area contributed by atoms with Gasteiger partial charge in [-0.2, -0.15) is 0 Å². The highest BCUT2D eigenvalue weighted by molar-refractivity contribution is 5.95. The first kappa shape index (κ1) is 13.1. The highest BCUT2D eigenvalue weighted by atomic mass is 16.6. The Bertz CT molecular complexity index is 546. The normalized spacial score (nSPS) is 28.4. The summed E-state index contributed by atoms with van der Waals surface area (Å²) in [4.78, 5) is 24.7. The van der Waals surface area contributed by atoms with Crippen LogP contribution in [0.3, 0.4) is 0 Å². The molecule has 6 heteroatoms. The Morgan fingerprint density at radius 3 is 2.55 bits per heavy atom. The molecule has 2 aliphatic rings. The summed E-state index contributed by atoms with van der Waals surface area (Å²) in [7, 11) is 0. The highest BCUT2D eigenvalue weighted by Gasteiger charge is 2.43. The Hall–Kier alpha value is -1.95. The van der Waals surface area contributed by atoms with Crippen molar-refractivity contribution in [1.29, 1.82) is 0 Å². The summed E-state index contributed by atoms with van der Waals surface area (Å²) in [6.45, 7) is 0. The van der Waals surface area contributed by atoms with Gasteiger partial charge in [0.1, 0.15) is 0 Å². The van der Waals surface area contributed by atoms with E-state index in [1.165, 1.54) is 18.2 Å². The molecule has 2 bridgehead atoms. The summed E-state index contributed by atoms with van der Waals surface area (Å²) in [6.07, 6.45) is 2.70. The lowest BCUT2D eigenvalue weighted by Crippen LogP contribution is -2.48. The van der Waals surface area contributed by atoms with Crippen molar-refractivity contribution in [3.8, 4) is 0 Å². The molecule has 2 atom stereocenters. The first-order chi connectivity index (χ1) is 9.56. The van der Waals surface area contributed by atoms with Gasteiger partial charge in [-0.3, -0.25) is 14.9 Å². The fraction of sp³-hybridized carbons (Fsp3) is 0.500. The van der Waals surface area contributed by atoms with Crippen LogP contribution in [-0.2, 0) is 0 Å². The minimum absolute atomic E-state index is 0.0653. The van der Waals surface area contributed by atoms with Crippen molar-refractivity contribution < 1.29 is 14.8 Å². The van der Waals surface area contributed by atoms with E-state index in [4.69, 9.17) is 0 Å². The third-order valence-corrected chi connectivity index (χ3v) is 4.25. The summed E-state index contributed by atoms with van der Waals surface area (Å²) in [6, 6.07) is 5.98. The number of rotatable bonds is 2. The van der Waals surface area contributed by atoms with Crippen LogP contribution < -0.4 is 0 Å². The molecule has 2 aliphatic heterocycles. The van der Waals surface area contributed by atoms with E-state index in [-0.39, 0.29) is 29.8 Å². The molecule has 2 fully saturated rings. The molecule has 2 unspecified atom stereocenters. The van der Waals surface area contributed by atoms with Crippen molar-refractivity contribution in [3.63, 3.8) is 0 Å². The van der Waals surface area contributed by atoms with Crippen LogP contribution in [0.25, 0.3) is 0 Å². The zero-order chi connectivity index (χ0) is 14.3. The van der Waals surface area contributed by atoms with E-state index in [0.717, 1.165) is 12.8 Å². The number of aliphatic hydroxyl groups excluding tert-OH is 1. The molecule has 6 nitrogen and oxygen atoms in total.